The number of hydrazine groups is 1. The number of rotatable bonds is 7. The molecule has 0 aliphatic rings. The Morgan fingerprint density at radius 1 is 1.41 bits per heavy atom. The topological polar surface area (TPSA) is 47.3 Å². The van der Waals surface area contributed by atoms with Gasteiger partial charge in [-0.2, -0.15) is 0 Å². The number of ether oxygens (including phenoxy) is 1. The minimum Gasteiger partial charge on any atom is -0.382 e. The molecule has 0 heterocycles. The molecule has 96 valence electrons. The van der Waals surface area contributed by atoms with Crippen LogP contribution in [0.2, 0.25) is 0 Å². The third-order valence-electron chi connectivity index (χ3n) is 2.54. The lowest BCUT2D eigenvalue weighted by Crippen LogP contribution is -2.29. The van der Waals surface area contributed by atoms with Crippen molar-refractivity contribution in [3.63, 3.8) is 0 Å². The average Bonchev–Trinajstić information content (AvgIpc) is 2.34. The molecule has 0 saturated carbocycles. The smallest absolute Gasteiger partial charge is 0.163 e. The summed E-state index contributed by atoms with van der Waals surface area (Å²) in [7, 11) is 0. The van der Waals surface area contributed by atoms with Crippen LogP contribution >= 0.6 is 0 Å². The minimum atomic E-state index is -0.854. The van der Waals surface area contributed by atoms with E-state index in [9.17, 15) is 8.78 Å². The molecule has 0 aliphatic heterocycles. The quantitative estimate of drug-likeness (QED) is 0.439. The average molecular weight is 244 g/mol. The second-order valence-corrected chi connectivity index (χ2v) is 3.70. The molecule has 3 nitrogen and oxygen atoms in total. The number of nitrogens with two attached hydrogens (primary N) is 1. The van der Waals surface area contributed by atoms with Gasteiger partial charge in [0.2, 0.25) is 0 Å². The zero-order valence-electron chi connectivity index (χ0n) is 9.88. The van der Waals surface area contributed by atoms with E-state index in [4.69, 9.17) is 10.6 Å². The van der Waals surface area contributed by atoms with E-state index in [1.54, 1.807) is 0 Å². The summed E-state index contributed by atoms with van der Waals surface area (Å²) in [6.45, 7) is 3.14. The van der Waals surface area contributed by atoms with E-state index < -0.39 is 17.7 Å². The summed E-state index contributed by atoms with van der Waals surface area (Å²) in [4.78, 5) is 0. The Morgan fingerprint density at radius 2 is 2.18 bits per heavy atom. The molecule has 1 aromatic rings. The van der Waals surface area contributed by atoms with Crippen molar-refractivity contribution in [3.05, 3.63) is 35.4 Å². The fraction of sp³-hybridized carbons (Fsp3) is 0.500. The highest BCUT2D eigenvalue weighted by Gasteiger charge is 2.16. The van der Waals surface area contributed by atoms with E-state index in [0.29, 0.717) is 19.6 Å². The van der Waals surface area contributed by atoms with Crippen LogP contribution in [0.15, 0.2) is 18.2 Å². The largest absolute Gasteiger partial charge is 0.382 e. The first-order chi connectivity index (χ1) is 8.20. The minimum absolute atomic E-state index is 0.254. The van der Waals surface area contributed by atoms with Crippen molar-refractivity contribution in [1.29, 1.82) is 0 Å². The van der Waals surface area contributed by atoms with E-state index in [-0.39, 0.29) is 5.56 Å². The van der Waals surface area contributed by atoms with Crippen molar-refractivity contribution in [2.75, 3.05) is 13.2 Å². The summed E-state index contributed by atoms with van der Waals surface area (Å²) >= 11 is 0. The van der Waals surface area contributed by atoms with E-state index in [0.717, 1.165) is 12.5 Å². The number of hydrogen-bond donors (Lipinski definition) is 2. The predicted molar refractivity (Wildman–Crippen MR) is 62.1 cm³/mol. The summed E-state index contributed by atoms with van der Waals surface area (Å²) in [6, 6.07) is 3.70. The standard InChI is InChI=1S/C12H18F2N2O/c1-2-17-8-4-7-11(16-15)9-5-3-6-10(13)12(9)14/h3,5-6,11,16H,2,4,7-8,15H2,1H3. The molecule has 5 heteroatoms. The van der Waals surface area contributed by atoms with E-state index in [2.05, 4.69) is 5.43 Å². The van der Waals surface area contributed by atoms with Gasteiger partial charge in [-0.1, -0.05) is 12.1 Å². The maximum atomic E-state index is 13.5. The Labute approximate surface area is 99.9 Å². The summed E-state index contributed by atoms with van der Waals surface area (Å²) in [6.07, 6.45) is 1.33. The van der Waals surface area contributed by atoms with Crippen LogP contribution in [-0.4, -0.2) is 13.2 Å². The molecule has 0 bridgehead atoms. The summed E-state index contributed by atoms with van der Waals surface area (Å²) in [5.41, 5.74) is 2.75. The highest BCUT2D eigenvalue weighted by Crippen LogP contribution is 2.22. The van der Waals surface area contributed by atoms with Gasteiger partial charge in [0, 0.05) is 24.8 Å². The molecule has 0 amide bonds. The fourth-order valence-corrected chi connectivity index (χ4v) is 1.65. The highest BCUT2D eigenvalue weighted by molar-refractivity contribution is 5.22. The fourth-order valence-electron chi connectivity index (χ4n) is 1.65. The van der Waals surface area contributed by atoms with Crippen molar-refractivity contribution in [2.24, 2.45) is 5.84 Å². The number of halogens is 2. The first kappa shape index (κ1) is 14.0. The molecule has 0 aromatic heterocycles. The van der Waals surface area contributed by atoms with Gasteiger partial charge in [-0.3, -0.25) is 11.3 Å². The molecule has 1 aromatic carbocycles. The van der Waals surface area contributed by atoms with E-state index in [1.807, 2.05) is 6.92 Å². The molecule has 1 unspecified atom stereocenters. The molecular weight excluding hydrogens is 226 g/mol. The Balaban J connectivity index is 2.63. The van der Waals surface area contributed by atoms with Crippen LogP contribution in [0.3, 0.4) is 0 Å². The SMILES string of the molecule is CCOCCCC(NN)c1cccc(F)c1F. The van der Waals surface area contributed by atoms with Gasteiger partial charge in [-0.15, -0.1) is 0 Å². The van der Waals surface area contributed by atoms with Crippen molar-refractivity contribution >= 4 is 0 Å². The second-order valence-electron chi connectivity index (χ2n) is 3.70. The zero-order valence-corrected chi connectivity index (χ0v) is 9.88. The lowest BCUT2D eigenvalue weighted by atomic mass is 10.0. The molecule has 17 heavy (non-hydrogen) atoms. The van der Waals surface area contributed by atoms with Crippen LogP contribution in [-0.2, 0) is 4.74 Å². The van der Waals surface area contributed by atoms with Gasteiger partial charge in [0.1, 0.15) is 0 Å². The molecule has 0 fully saturated rings. The molecule has 3 N–H and O–H groups in total. The van der Waals surface area contributed by atoms with Gasteiger partial charge in [0.15, 0.2) is 11.6 Å². The molecule has 1 rings (SSSR count). The zero-order chi connectivity index (χ0) is 12.7. The van der Waals surface area contributed by atoms with Gasteiger partial charge < -0.3 is 4.74 Å². The molecule has 0 radical (unpaired) electrons. The highest BCUT2D eigenvalue weighted by atomic mass is 19.2. The van der Waals surface area contributed by atoms with Crippen molar-refractivity contribution in [1.82, 2.24) is 5.43 Å². The number of hydrogen-bond acceptors (Lipinski definition) is 3. The third kappa shape index (κ3) is 4.03. The van der Waals surface area contributed by atoms with Crippen LogP contribution in [0.5, 0.6) is 0 Å². The lowest BCUT2D eigenvalue weighted by Gasteiger charge is -2.17. The number of benzene rings is 1. The van der Waals surface area contributed by atoms with Crippen LogP contribution in [0.4, 0.5) is 8.78 Å². The van der Waals surface area contributed by atoms with Crippen LogP contribution in [0.1, 0.15) is 31.4 Å². The van der Waals surface area contributed by atoms with Crippen LogP contribution < -0.4 is 11.3 Å². The molecule has 0 aliphatic carbocycles. The Hall–Kier alpha value is -1.04. The number of nitrogens with one attached hydrogen (secondary N) is 1. The Bertz CT molecular complexity index is 347. The van der Waals surface area contributed by atoms with E-state index >= 15 is 0 Å². The van der Waals surface area contributed by atoms with Gasteiger partial charge in [0.05, 0.1) is 0 Å². The normalized spacial score (nSPS) is 12.7. The Morgan fingerprint density at radius 3 is 2.82 bits per heavy atom. The summed E-state index contributed by atoms with van der Waals surface area (Å²) in [5, 5.41) is 0. The van der Waals surface area contributed by atoms with Gasteiger partial charge in [-0.05, 0) is 25.8 Å². The van der Waals surface area contributed by atoms with Gasteiger partial charge >= 0.3 is 0 Å². The summed E-state index contributed by atoms with van der Waals surface area (Å²) in [5.74, 6) is 3.66. The first-order valence-electron chi connectivity index (χ1n) is 5.68. The molecular formula is C12H18F2N2O. The van der Waals surface area contributed by atoms with Crippen LogP contribution in [0, 0.1) is 11.6 Å². The molecule has 0 spiro atoms. The third-order valence-corrected chi connectivity index (χ3v) is 2.54. The first-order valence-corrected chi connectivity index (χ1v) is 5.68. The maximum absolute atomic E-state index is 13.5. The predicted octanol–water partition coefficient (Wildman–Crippen LogP) is 2.29. The Kier molecular flexibility index (Phi) is 6.04. The lowest BCUT2D eigenvalue weighted by molar-refractivity contribution is 0.140. The van der Waals surface area contributed by atoms with Crippen LogP contribution in [0.25, 0.3) is 0 Å². The van der Waals surface area contributed by atoms with E-state index in [1.165, 1.54) is 12.1 Å². The van der Waals surface area contributed by atoms with Crippen molar-refractivity contribution in [3.8, 4) is 0 Å². The second kappa shape index (κ2) is 7.32. The van der Waals surface area contributed by atoms with Gasteiger partial charge in [0.25, 0.3) is 0 Å². The van der Waals surface area contributed by atoms with Gasteiger partial charge in [-0.25, -0.2) is 8.78 Å². The summed E-state index contributed by atoms with van der Waals surface area (Å²) < 4.78 is 31.7. The molecule has 1 atom stereocenters. The maximum Gasteiger partial charge on any atom is 0.163 e. The van der Waals surface area contributed by atoms with Crippen molar-refractivity contribution < 1.29 is 13.5 Å². The molecule has 0 saturated heterocycles. The van der Waals surface area contributed by atoms with Crippen molar-refractivity contribution in [2.45, 2.75) is 25.8 Å². The monoisotopic (exact) mass is 244 g/mol.